The first kappa shape index (κ1) is 12.9. The Labute approximate surface area is 110 Å². The molecule has 94 valence electrons. The van der Waals surface area contributed by atoms with Crippen molar-refractivity contribution in [1.29, 1.82) is 5.26 Å². The van der Waals surface area contributed by atoms with Gasteiger partial charge in [0.15, 0.2) is 0 Å². The van der Waals surface area contributed by atoms with Crippen LogP contribution in [0.2, 0.25) is 0 Å². The molecule has 1 aliphatic rings. The normalized spacial score (nSPS) is 15.6. The molecule has 0 bridgehead atoms. The van der Waals surface area contributed by atoms with Gasteiger partial charge in [0.2, 0.25) is 0 Å². The van der Waals surface area contributed by atoms with Crippen LogP contribution < -0.4 is 0 Å². The molecular weight excluding hydrogens is 248 g/mol. The molecule has 2 rings (SSSR count). The molecule has 0 radical (unpaired) electrons. The topological polar surface area (TPSA) is 74.0 Å². The van der Waals surface area contributed by atoms with E-state index >= 15 is 0 Å². The number of carbonyl (C=O) groups is 1. The van der Waals surface area contributed by atoms with Gasteiger partial charge in [-0.3, -0.25) is 4.79 Å². The van der Waals surface area contributed by atoms with Crippen molar-refractivity contribution in [3.8, 4) is 6.07 Å². The van der Waals surface area contributed by atoms with Crippen LogP contribution in [-0.4, -0.2) is 21.3 Å². The Kier molecular flexibility index (Phi) is 3.87. The smallest absolute Gasteiger partial charge is 0.316 e. The van der Waals surface area contributed by atoms with E-state index in [0.717, 1.165) is 48.7 Å². The number of hydrogen-bond acceptors (Lipinski definition) is 4. The molecule has 5 heteroatoms. The van der Waals surface area contributed by atoms with Crippen molar-refractivity contribution in [2.24, 2.45) is 0 Å². The lowest BCUT2D eigenvalue weighted by atomic mass is 9.95. The number of pyridine rings is 1. The predicted molar refractivity (Wildman–Crippen MR) is 68.5 cm³/mol. The maximum Gasteiger partial charge on any atom is 0.316 e. The van der Waals surface area contributed by atoms with E-state index in [1.807, 2.05) is 6.07 Å². The Hall–Kier alpha value is -1.54. The fourth-order valence-electron chi connectivity index (χ4n) is 2.00. The van der Waals surface area contributed by atoms with E-state index < -0.39 is 11.2 Å². The van der Waals surface area contributed by atoms with Gasteiger partial charge < -0.3 is 5.11 Å². The maximum absolute atomic E-state index is 10.9. The Morgan fingerprint density at radius 2 is 2.28 bits per heavy atom. The molecule has 0 aromatic carbocycles. The zero-order valence-electron chi connectivity index (χ0n) is 10.1. The van der Waals surface area contributed by atoms with Crippen LogP contribution in [0.25, 0.3) is 0 Å². The summed E-state index contributed by atoms with van der Waals surface area (Å²) in [5.41, 5.74) is 2.67. The third kappa shape index (κ3) is 2.65. The molecule has 1 N–H and O–H groups in total. The van der Waals surface area contributed by atoms with Crippen LogP contribution >= 0.6 is 11.8 Å². The molecule has 0 spiro atoms. The first-order chi connectivity index (χ1) is 8.61. The van der Waals surface area contributed by atoms with E-state index in [0.29, 0.717) is 10.6 Å². The number of hydrogen-bond donors (Lipinski definition) is 1. The Morgan fingerprint density at radius 1 is 1.56 bits per heavy atom. The monoisotopic (exact) mass is 262 g/mol. The van der Waals surface area contributed by atoms with Crippen molar-refractivity contribution in [2.75, 3.05) is 0 Å². The first-order valence-corrected chi connectivity index (χ1v) is 6.82. The van der Waals surface area contributed by atoms with Crippen LogP contribution in [0.1, 0.15) is 36.6 Å². The second-order valence-electron chi connectivity index (χ2n) is 4.36. The van der Waals surface area contributed by atoms with Crippen molar-refractivity contribution in [3.05, 3.63) is 22.9 Å². The van der Waals surface area contributed by atoms with E-state index in [1.165, 1.54) is 0 Å². The van der Waals surface area contributed by atoms with Crippen molar-refractivity contribution >= 4 is 17.7 Å². The van der Waals surface area contributed by atoms with E-state index in [2.05, 4.69) is 11.1 Å². The molecule has 0 fully saturated rings. The van der Waals surface area contributed by atoms with E-state index in [1.54, 1.807) is 6.92 Å². The van der Waals surface area contributed by atoms with Gasteiger partial charge in [-0.05, 0) is 44.2 Å². The van der Waals surface area contributed by atoms with Gasteiger partial charge in [-0.2, -0.15) is 5.26 Å². The number of fused-ring (bicyclic) bond motifs is 1. The van der Waals surface area contributed by atoms with E-state index in [4.69, 9.17) is 10.4 Å². The highest BCUT2D eigenvalue weighted by molar-refractivity contribution is 8.00. The number of thioether (sulfide) groups is 1. The lowest BCUT2D eigenvalue weighted by Gasteiger charge is -2.17. The summed E-state index contributed by atoms with van der Waals surface area (Å²) in [5.74, 6) is -0.886. The van der Waals surface area contributed by atoms with E-state index in [-0.39, 0.29) is 0 Å². The number of aromatic nitrogens is 1. The zero-order valence-corrected chi connectivity index (χ0v) is 11.0. The highest BCUT2D eigenvalue weighted by Crippen LogP contribution is 2.29. The Bertz CT molecular complexity index is 522. The molecule has 0 saturated heterocycles. The Morgan fingerprint density at radius 3 is 2.94 bits per heavy atom. The number of carboxylic acid groups (broad SMARTS) is 1. The van der Waals surface area contributed by atoms with Crippen molar-refractivity contribution < 1.29 is 9.90 Å². The summed E-state index contributed by atoms with van der Waals surface area (Å²) in [4.78, 5) is 15.3. The van der Waals surface area contributed by atoms with E-state index in [9.17, 15) is 4.79 Å². The number of aliphatic carboxylic acids is 1. The Balaban J connectivity index is 2.34. The molecule has 0 aliphatic heterocycles. The number of carboxylic acids is 1. The minimum atomic E-state index is -0.886. The number of nitrogens with zero attached hydrogens (tertiary/aromatic N) is 2. The average Bonchev–Trinajstić information content (AvgIpc) is 2.37. The molecule has 1 atom stereocenters. The van der Waals surface area contributed by atoms with Gasteiger partial charge in [-0.25, -0.2) is 4.98 Å². The maximum atomic E-state index is 10.9. The van der Waals surface area contributed by atoms with Crippen LogP contribution in [0.15, 0.2) is 11.1 Å². The van der Waals surface area contributed by atoms with Crippen LogP contribution in [0.3, 0.4) is 0 Å². The fourth-order valence-corrected chi connectivity index (χ4v) is 2.83. The summed E-state index contributed by atoms with van der Waals surface area (Å²) in [6, 6.07) is 3.99. The molecule has 0 amide bonds. The summed E-state index contributed by atoms with van der Waals surface area (Å²) >= 11 is 1.14. The lowest BCUT2D eigenvalue weighted by molar-refractivity contribution is -0.136. The van der Waals surface area contributed by atoms with Crippen LogP contribution in [0.5, 0.6) is 0 Å². The molecule has 1 unspecified atom stereocenters. The van der Waals surface area contributed by atoms with Gasteiger partial charge in [0.1, 0.15) is 16.3 Å². The minimum Gasteiger partial charge on any atom is -0.480 e. The zero-order chi connectivity index (χ0) is 13.1. The standard InChI is InChI=1S/C13H14N2O2S/c1-8(13(16)17)18-12-10(7-14)6-9-4-2-3-5-11(9)15-12/h6,8H,2-5H2,1H3,(H,16,17). The molecule has 1 aliphatic carbocycles. The van der Waals surface area contributed by atoms with Crippen molar-refractivity contribution in [1.82, 2.24) is 4.98 Å². The average molecular weight is 262 g/mol. The predicted octanol–water partition coefficient (Wildman–Crippen LogP) is 2.40. The van der Waals surface area contributed by atoms with Gasteiger partial charge >= 0.3 is 5.97 Å². The minimum absolute atomic E-state index is 0.494. The van der Waals surface area contributed by atoms with Gasteiger partial charge in [0.05, 0.1) is 5.56 Å². The number of rotatable bonds is 3. The third-order valence-corrected chi connectivity index (χ3v) is 4.11. The van der Waals surface area contributed by atoms with Crippen molar-refractivity contribution in [3.63, 3.8) is 0 Å². The third-order valence-electron chi connectivity index (χ3n) is 3.02. The van der Waals surface area contributed by atoms with Crippen LogP contribution in [0.4, 0.5) is 0 Å². The largest absolute Gasteiger partial charge is 0.480 e. The molecule has 1 heterocycles. The summed E-state index contributed by atoms with van der Waals surface area (Å²) in [5, 5.41) is 18.0. The molecule has 18 heavy (non-hydrogen) atoms. The van der Waals surface area contributed by atoms with Crippen molar-refractivity contribution in [2.45, 2.75) is 42.9 Å². The quantitative estimate of drug-likeness (QED) is 0.847. The first-order valence-electron chi connectivity index (χ1n) is 5.94. The van der Waals surface area contributed by atoms with Gasteiger partial charge in [-0.15, -0.1) is 0 Å². The summed E-state index contributed by atoms with van der Waals surface area (Å²) in [6.45, 7) is 1.61. The molecule has 1 aromatic heterocycles. The van der Waals surface area contributed by atoms with Gasteiger partial charge in [0, 0.05) is 5.69 Å². The van der Waals surface area contributed by atoms with Crippen LogP contribution in [0, 0.1) is 11.3 Å². The molecular formula is C13H14N2O2S. The second kappa shape index (κ2) is 5.40. The summed E-state index contributed by atoms with van der Waals surface area (Å²) < 4.78 is 0. The molecule has 0 saturated carbocycles. The molecule has 1 aromatic rings. The lowest BCUT2D eigenvalue weighted by Crippen LogP contribution is -2.13. The fraction of sp³-hybridized carbons (Fsp3) is 0.462. The second-order valence-corrected chi connectivity index (χ2v) is 5.69. The van der Waals surface area contributed by atoms with Crippen LogP contribution in [-0.2, 0) is 17.6 Å². The number of nitriles is 1. The highest BCUT2D eigenvalue weighted by atomic mass is 32.2. The number of aryl methyl sites for hydroxylation is 2. The summed E-state index contributed by atoms with van der Waals surface area (Å²) in [6.07, 6.45) is 4.15. The SMILES string of the molecule is CC(Sc1nc2c(cc1C#N)CCCC2)C(=O)O. The van der Waals surface area contributed by atoms with Gasteiger partial charge in [0.25, 0.3) is 0 Å². The molecule has 4 nitrogen and oxygen atoms in total. The van der Waals surface area contributed by atoms with Gasteiger partial charge in [-0.1, -0.05) is 11.8 Å². The summed E-state index contributed by atoms with van der Waals surface area (Å²) in [7, 11) is 0. The highest BCUT2D eigenvalue weighted by Gasteiger charge is 2.19.